The minimum Gasteiger partial charge on any atom is -0.495 e. The maximum atomic E-state index is 12.5. The van der Waals surface area contributed by atoms with Crippen LogP contribution in [0.1, 0.15) is 27.8 Å². The van der Waals surface area contributed by atoms with Gasteiger partial charge in [0.15, 0.2) is 5.78 Å². The highest BCUT2D eigenvalue weighted by atomic mass is 35.5. The number of carbonyl (C=O) groups is 2. The Morgan fingerprint density at radius 3 is 2.43 bits per heavy atom. The molecule has 0 spiro atoms. The van der Waals surface area contributed by atoms with Gasteiger partial charge in [0.2, 0.25) is 0 Å². The predicted molar refractivity (Wildman–Crippen MR) is 110 cm³/mol. The van der Waals surface area contributed by atoms with Crippen LogP contribution in [-0.4, -0.2) is 23.8 Å². The van der Waals surface area contributed by atoms with Crippen molar-refractivity contribution < 1.29 is 14.3 Å². The Labute approximate surface area is 167 Å². The van der Waals surface area contributed by atoms with E-state index < -0.39 is 0 Å². The number of halogens is 1. The summed E-state index contributed by atoms with van der Waals surface area (Å²) >= 11 is 6.05. The van der Waals surface area contributed by atoms with Gasteiger partial charge in [-0.3, -0.25) is 14.6 Å². The zero-order valence-electron chi connectivity index (χ0n) is 15.3. The van der Waals surface area contributed by atoms with Crippen molar-refractivity contribution in [2.75, 3.05) is 17.7 Å². The highest BCUT2D eigenvalue weighted by Gasteiger charge is 2.11. The van der Waals surface area contributed by atoms with Gasteiger partial charge in [-0.05, 0) is 61.5 Å². The van der Waals surface area contributed by atoms with E-state index in [0.29, 0.717) is 33.4 Å². The molecule has 3 aromatic rings. The van der Waals surface area contributed by atoms with Crippen LogP contribution in [0, 0.1) is 0 Å². The Bertz CT molecular complexity index is 1020. The average Bonchev–Trinajstić information content (AvgIpc) is 2.69. The third-order valence-electron chi connectivity index (χ3n) is 3.98. The normalized spacial score (nSPS) is 10.2. The lowest BCUT2D eigenvalue weighted by Crippen LogP contribution is -2.14. The summed E-state index contributed by atoms with van der Waals surface area (Å²) in [4.78, 5) is 28.0. The Balaban J connectivity index is 1.76. The number of nitrogens with zero attached hydrogens (tertiary/aromatic N) is 1. The van der Waals surface area contributed by atoms with E-state index >= 15 is 0 Å². The van der Waals surface area contributed by atoms with Crippen molar-refractivity contribution in [2.45, 2.75) is 6.92 Å². The monoisotopic (exact) mass is 395 g/mol. The highest BCUT2D eigenvalue weighted by Crippen LogP contribution is 2.30. The van der Waals surface area contributed by atoms with Crippen molar-refractivity contribution in [3.05, 3.63) is 77.1 Å². The molecule has 0 radical (unpaired) electrons. The molecule has 142 valence electrons. The van der Waals surface area contributed by atoms with Crippen molar-refractivity contribution in [1.82, 2.24) is 4.98 Å². The van der Waals surface area contributed by atoms with Crippen LogP contribution in [0.2, 0.25) is 5.02 Å². The van der Waals surface area contributed by atoms with E-state index in [1.165, 1.54) is 13.1 Å². The first-order chi connectivity index (χ1) is 13.5. The number of Topliss-reactive ketones (excluding diaryl/α,β-unsaturated/α-hetero) is 1. The number of ether oxygens (including phenoxy) is 1. The third kappa shape index (κ3) is 4.66. The summed E-state index contributed by atoms with van der Waals surface area (Å²) in [7, 11) is 1.57. The number of aromatic nitrogens is 1. The fourth-order valence-corrected chi connectivity index (χ4v) is 2.72. The lowest BCUT2D eigenvalue weighted by Gasteiger charge is -2.12. The number of nitrogens with one attached hydrogen (secondary N) is 2. The maximum Gasteiger partial charge on any atom is 0.274 e. The first kappa shape index (κ1) is 19.4. The van der Waals surface area contributed by atoms with Crippen LogP contribution in [0.15, 0.2) is 60.8 Å². The van der Waals surface area contributed by atoms with E-state index in [0.717, 1.165) is 0 Å². The smallest absolute Gasteiger partial charge is 0.274 e. The van der Waals surface area contributed by atoms with Crippen LogP contribution in [0.25, 0.3) is 0 Å². The molecule has 0 aliphatic heterocycles. The number of ketones is 1. The lowest BCUT2D eigenvalue weighted by molar-refractivity contribution is 0.101. The van der Waals surface area contributed by atoms with Gasteiger partial charge in [-0.15, -0.1) is 0 Å². The largest absolute Gasteiger partial charge is 0.495 e. The minimum atomic E-state index is -0.364. The van der Waals surface area contributed by atoms with E-state index in [4.69, 9.17) is 16.3 Å². The molecule has 1 aromatic heterocycles. The molecule has 0 bridgehead atoms. The van der Waals surface area contributed by atoms with Crippen molar-refractivity contribution in [2.24, 2.45) is 0 Å². The summed E-state index contributed by atoms with van der Waals surface area (Å²) in [6, 6.07) is 15.2. The highest BCUT2D eigenvalue weighted by molar-refractivity contribution is 6.31. The standard InChI is InChI=1S/C21H18ClN3O3/c1-13(26)14-3-6-16(7-4-14)25-21(27)19-12-17(9-10-23-19)24-18-11-15(22)5-8-20(18)28-2/h3-12H,1-2H3,(H,23,24)(H,25,27). The number of pyridine rings is 1. The molecule has 1 amide bonds. The molecule has 3 rings (SSSR count). The van der Waals surface area contributed by atoms with E-state index in [-0.39, 0.29) is 17.4 Å². The lowest BCUT2D eigenvalue weighted by atomic mass is 10.1. The van der Waals surface area contributed by atoms with Gasteiger partial charge < -0.3 is 15.4 Å². The molecule has 0 saturated carbocycles. The van der Waals surface area contributed by atoms with Gasteiger partial charge in [0.05, 0.1) is 12.8 Å². The molecule has 2 N–H and O–H groups in total. The van der Waals surface area contributed by atoms with Gasteiger partial charge in [0.25, 0.3) is 5.91 Å². The van der Waals surface area contributed by atoms with Gasteiger partial charge >= 0.3 is 0 Å². The number of hydrogen-bond donors (Lipinski definition) is 2. The molecule has 0 unspecified atom stereocenters. The van der Waals surface area contributed by atoms with Gasteiger partial charge in [0, 0.05) is 28.2 Å². The fourth-order valence-electron chi connectivity index (χ4n) is 2.55. The topological polar surface area (TPSA) is 80.3 Å². The summed E-state index contributed by atoms with van der Waals surface area (Å²) in [5.74, 6) is 0.227. The Kier molecular flexibility index (Phi) is 5.91. The predicted octanol–water partition coefficient (Wildman–Crippen LogP) is 4.94. The number of hydrogen-bond acceptors (Lipinski definition) is 5. The third-order valence-corrected chi connectivity index (χ3v) is 4.22. The van der Waals surface area contributed by atoms with Crippen LogP contribution in [-0.2, 0) is 0 Å². The molecule has 0 saturated heterocycles. The Morgan fingerprint density at radius 2 is 1.75 bits per heavy atom. The number of carbonyl (C=O) groups excluding carboxylic acids is 2. The molecule has 0 aliphatic carbocycles. The van der Waals surface area contributed by atoms with E-state index in [2.05, 4.69) is 15.6 Å². The zero-order valence-corrected chi connectivity index (χ0v) is 16.1. The SMILES string of the molecule is COc1ccc(Cl)cc1Nc1ccnc(C(=O)Nc2ccc(C(C)=O)cc2)c1. The quantitative estimate of drug-likeness (QED) is 0.577. The molecule has 0 atom stereocenters. The molecule has 0 aliphatic rings. The number of amides is 1. The molecule has 6 nitrogen and oxygen atoms in total. The fraction of sp³-hybridized carbons (Fsp3) is 0.0952. The number of rotatable bonds is 6. The first-order valence-electron chi connectivity index (χ1n) is 8.45. The van der Waals surface area contributed by atoms with Crippen molar-refractivity contribution in [3.8, 4) is 5.75 Å². The summed E-state index contributed by atoms with van der Waals surface area (Å²) in [6.45, 7) is 1.49. The van der Waals surface area contributed by atoms with E-state index in [1.54, 1.807) is 61.7 Å². The van der Waals surface area contributed by atoms with E-state index in [1.807, 2.05) is 0 Å². The van der Waals surface area contributed by atoms with Gasteiger partial charge in [-0.1, -0.05) is 11.6 Å². The second-order valence-corrected chi connectivity index (χ2v) is 6.42. The number of benzene rings is 2. The van der Waals surface area contributed by atoms with Crippen molar-refractivity contribution in [3.63, 3.8) is 0 Å². The summed E-state index contributed by atoms with van der Waals surface area (Å²) in [6.07, 6.45) is 1.53. The van der Waals surface area contributed by atoms with Crippen molar-refractivity contribution in [1.29, 1.82) is 0 Å². The second-order valence-electron chi connectivity index (χ2n) is 5.99. The minimum absolute atomic E-state index is 0.0326. The van der Waals surface area contributed by atoms with Crippen LogP contribution in [0.3, 0.4) is 0 Å². The Hall–Kier alpha value is -3.38. The van der Waals surface area contributed by atoms with Gasteiger partial charge in [-0.25, -0.2) is 0 Å². The molecule has 7 heteroatoms. The molecular formula is C21H18ClN3O3. The molecule has 2 aromatic carbocycles. The zero-order chi connectivity index (χ0) is 20.1. The van der Waals surface area contributed by atoms with Crippen LogP contribution < -0.4 is 15.4 Å². The van der Waals surface area contributed by atoms with Crippen LogP contribution in [0.4, 0.5) is 17.1 Å². The number of anilines is 3. The molecule has 0 fully saturated rings. The number of methoxy groups -OCH3 is 1. The van der Waals surface area contributed by atoms with Crippen LogP contribution in [0.5, 0.6) is 5.75 Å². The second kappa shape index (κ2) is 8.54. The maximum absolute atomic E-state index is 12.5. The van der Waals surface area contributed by atoms with Crippen LogP contribution >= 0.6 is 11.6 Å². The molecule has 28 heavy (non-hydrogen) atoms. The van der Waals surface area contributed by atoms with Crippen molar-refractivity contribution >= 4 is 40.4 Å². The molecular weight excluding hydrogens is 378 g/mol. The average molecular weight is 396 g/mol. The molecule has 1 heterocycles. The summed E-state index contributed by atoms with van der Waals surface area (Å²) in [5, 5.41) is 6.50. The Morgan fingerprint density at radius 1 is 1.00 bits per heavy atom. The van der Waals surface area contributed by atoms with Gasteiger partial charge in [-0.2, -0.15) is 0 Å². The van der Waals surface area contributed by atoms with E-state index in [9.17, 15) is 9.59 Å². The first-order valence-corrected chi connectivity index (χ1v) is 8.83. The summed E-state index contributed by atoms with van der Waals surface area (Å²) in [5.41, 5.74) is 2.73. The summed E-state index contributed by atoms with van der Waals surface area (Å²) < 4.78 is 5.32. The van der Waals surface area contributed by atoms with Gasteiger partial charge in [0.1, 0.15) is 11.4 Å².